The highest BCUT2D eigenvalue weighted by Crippen LogP contribution is 2.03. The molecule has 0 heterocycles. The van der Waals surface area contributed by atoms with Gasteiger partial charge in [0, 0.05) is 17.7 Å². The van der Waals surface area contributed by atoms with Crippen molar-refractivity contribution in [3.63, 3.8) is 0 Å². The molecule has 6 heteroatoms. The van der Waals surface area contributed by atoms with Gasteiger partial charge in [-0.05, 0) is 36.1 Å². The van der Waals surface area contributed by atoms with Crippen molar-refractivity contribution >= 4 is 11.8 Å². The Kier molecular flexibility index (Phi) is 5.79. The van der Waals surface area contributed by atoms with Crippen molar-refractivity contribution in [2.75, 3.05) is 6.54 Å². The molecule has 0 aliphatic heterocycles. The Hall–Kier alpha value is -2.80. The molecule has 102 valence electrons. The lowest BCUT2D eigenvalue weighted by molar-refractivity contribution is -0.130. The Morgan fingerprint density at radius 2 is 2.00 bits per heavy atom. The quantitative estimate of drug-likeness (QED) is 0.328. The first kappa shape index (κ1) is 15.3. The van der Waals surface area contributed by atoms with Crippen LogP contribution < -0.4 is 16.5 Å². The minimum Gasteiger partial charge on any atom is -0.339 e. The van der Waals surface area contributed by atoms with Crippen molar-refractivity contribution in [2.45, 2.75) is 6.04 Å². The third-order valence-corrected chi connectivity index (χ3v) is 2.39. The van der Waals surface area contributed by atoms with Crippen LogP contribution in [0.3, 0.4) is 0 Å². The van der Waals surface area contributed by atoms with E-state index in [2.05, 4.69) is 23.1 Å². The molecular formula is C14H13N3O3. The summed E-state index contributed by atoms with van der Waals surface area (Å²) in [6.45, 7) is -0.135. The van der Waals surface area contributed by atoms with Gasteiger partial charge in [0.25, 0.3) is 11.8 Å². The molecule has 1 rings (SSSR count). The molecule has 0 aliphatic rings. The third-order valence-electron chi connectivity index (χ3n) is 2.39. The maximum Gasteiger partial charge on any atom is 0.267 e. The van der Waals surface area contributed by atoms with E-state index in [1.165, 1.54) is 5.48 Å². The molecule has 0 aromatic heterocycles. The summed E-state index contributed by atoms with van der Waals surface area (Å²) in [5.74, 6) is 6.08. The van der Waals surface area contributed by atoms with Crippen molar-refractivity contribution in [3.05, 3.63) is 35.4 Å². The van der Waals surface area contributed by atoms with E-state index < -0.39 is 17.9 Å². The van der Waals surface area contributed by atoms with Crippen molar-refractivity contribution in [3.8, 4) is 24.2 Å². The molecular weight excluding hydrogens is 258 g/mol. The molecule has 0 fully saturated rings. The number of rotatable bonds is 4. The van der Waals surface area contributed by atoms with Gasteiger partial charge in [-0.3, -0.25) is 14.8 Å². The second-order valence-electron chi connectivity index (χ2n) is 3.71. The highest BCUT2D eigenvalue weighted by Gasteiger charge is 2.19. The van der Waals surface area contributed by atoms with Gasteiger partial charge < -0.3 is 11.1 Å². The number of benzene rings is 1. The van der Waals surface area contributed by atoms with Crippen LogP contribution in [0, 0.1) is 24.2 Å². The summed E-state index contributed by atoms with van der Waals surface area (Å²) in [5, 5.41) is 10.9. The summed E-state index contributed by atoms with van der Waals surface area (Å²) < 4.78 is 0. The number of hydrogen-bond acceptors (Lipinski definition) is 4. The van der Waals surface area contributed by atoms with Crippen LogP contribution in [-0.2, 0) is 4.79 Å². The predicted molar refractivity (Wildman–Crippen MR) is 72.4 cm³/mol. The minimum atomic E-state index is -1.01. The maximum absolute atomic E-state index is 11.9. The summed E-state index contributed by atoms with van der Waals surface area (Å²) in [7, 11) is 0. The normalized spacial score (nSPS) is 10.4. The monoisotopic (exact) mass is 271 g/mol. The van der Waals surface area contributed by atoms with Gasteiger partial charge in [0.15, 0.2) is 0 Å². The number of carbonyl (C=O) groups is 2. The smallest absolute Gasteiger partial charge is 0.267 e. The van der Waals surface area contributed by atoms with Crippen LogP contribution in [0.25, 0.3) is 0 Å². The lowest BCUT2D eigenvalue weighted by Crippen LogP contribution is -2.50. The first-order chi connectivity index (χ1) is 9.62. The van der Waals surface area contributed by atoms with Crippen LogP contribution in [0.1, 0.15) is 15.9 Å². The van der Waals surface area contributed by atoms with Crippen LogP contribution in [-0.4, -0.2) is 29.6 Å². The van der Waals surface area contributed by atoms with Gasteiger partial charge in [-0.1, -0.05) is 5.92 Å². The summed E-state index contributed by atoms with van der Waals surface area (Å²) in [4.78, 5) is 23.1. The van der Waals surface area contributed by atoms with Gasteiger partial charge in [-0.15, -0.1) is 6.42 Å². The molecule has 1 aromatic carbocycles. The van der Waals surface area contributed by atoms with Gasteiger partial charge in [-0.25, -0.2) is 5.48 Å². The van der Waals surface area contributed by atoms with Crippen LogP contribution in [0.5, 0.6) is 0 Å². The Labute approximate surface area is 116 Å². The second-order valence-corrected chi connectivity index (χ2v) is 3.71. The Morgan fingerprint density at radius 1 is 1.35 bits per heavy atom. The number of amides is 2. The molecule has 5 N–H and O–H groups in total. The van der Waals surface area contributed by atoms with E-state index >= 15 is 0 Å². The molecule has 0 spiro atoms. The van der Waals surface area contributed by atoms with E-state index in [1.54, 1.807) is 24.3 Å². The first-order valence-corrected chi connectivity index (χ1v) is 5.64. The van der Waals surface area contributed by atoms with E-state index in [9.17, 15) is 9.59 Å². The predicted octanol–water partition coefficient (Wildman–Crippen LogP) is -0.766. The van der Waals surface area contributed by atoms with Gasteiger partial charge in [0.05, 0.1) is 0 Å². The molecule has 1 aromatic rings. The van der Waals surface area contributed by atoms with Crippen molar-refractivity contribution in [1.82, 2.24) is 10.8 Å². The molecule has 1 atom stereocenters. The Balaban J connectivity index is 2.78. The molecule has 0 aliphatic carbocycles. The first-order valence-electron chi connectivity index (χ1n) is 5.64. The summed E-state index contributed by atoms with van der Waals surface area (Å²) in [5.41, 5.74) is 7.77. The lowest BCUT2D eigenvalue weighted by atomic mass is 10.1. The van der Waals surface area contributed by atoms with Crippen molar-refractivity contribution in [1.29, 1.82) is 0 Å². The molecule has 0 bridgehead atoms. The SMILES string of the molecule is C#CC#Cc1ccc(C(=O)NC(CN)C(=O)NO)cc1. The zero-order valence-electron chi connectivity index (χ0n) is 10.5. The Bertz CT molecular complexity index is 591. The summed E-state index contributed by atoms with van der Waals surface area (Å²) in [6.07, 6.45) is 5.01. The lowest BCUT2D eigenvalue weighted by Gasteiger charge is -2.14. The topological polar surface area (TPSA) is 104 Å². The van der Waals surface area contributed by atoms with Crippen LogP contribution in [0.15, 0.2) is 24.3 Å². The van der Waals surface area contributed by atoms with Gasteiger partial charge in [-0.2, -0.15) is 0 Å². The molecule has 2 amide bonds. The van der Waals surface area contributed by atoms with Crippen LogP contribution in [0.2, 0.25) is 0 Å². The number of nitrogens with one attached hydrogen (secondary N) is 2. The van der Waals surface area contributed by atoms with Crippen LogP contribution in [0.4, 0.5) is 0 Å². The average Bonchev–Trinajstić information content (AvgIpc) is 2.50. The molecule has 0 radical (unpaired) electrons. The van der Waals surface area contributed by atoms with E-state index in [1.807, 2.05) is 0 Å². The highest BCUT2D eigenvalue weighted by molar-refractivity contribution is 5.97. The number of hydrogen-bond donors (Lipinski definition) is 4. The van der Waals surface area contributed by atoms with E-state index in [0.29, 0.717) is 11.1 Å². The molecule has 0 saturated carbocycles. The van der Waals surface area contributed by atoms with E-state index in [-0.39, 0.29) is 6.54 Å². The average molecular weight is 271 g/mol. The van der Waals surface area contributed by atoms with E-state index in [4.69, 9.17) is 17.4 Å². The van der Waals surface area contributed by atoms with E-state index in [0.717, 1.165) is 0 Å². The summed E-state index contributed by atoms with van der Waals surface area (Å²) >= 11 is 0. The highest BCUT2D eigenvalue weighted by atomic mass is 16.5. The molecule has 1 unspecified atom stereocenters. The largest absolute Gasteiger partial charge is 0.339 e. The molecule has 0 saturated heterocycles. The number of hydroxylamine groups is 1. The fourth-order valence-corrected chi connectivity index (χ4v) is 1.36. The fourth-order valence-electron chi connectivity index (χ4n) is 1.36. The Morgan fingerprint density at radius 3 is 2.50 bits per heavy atom. The second kappa shape index (κ2) is 7.59. The zero-order chi connectivity index (χ0) is 15.0. The van der Waals surface area contributed by atoms with Crippen molar-refractivity contribution < 1.29 is 14.8 Å². The summed E-state index contributed by atoms with van der Waals surface area (Å²) in [6, 6.07) is 5.33. The molecule has 6 nitrogen and oxygen atoms in total. The third kappa shape index (κ3) is 4.14. The maximum atomic E-state index is 11.9. The number of carbonyl (C=O) groups excluding carboxylic acids is 2. The van der Waals surface area contributed by atoms with Crippen molar-refractivity contribution in [2.24, 2.45) is 5.73 Å². The number of terminal acetylenes is 1. The van der Waals surface area contributed by atoms with Gasteiger partial charge in [0.2, 0.25) is 0 Å². The zero-order valence-corrected chi connectivity index (χ0v) is 10.5. The van der Waals surface area contributed by atoms with Crippen LogP contribution >= 0.6 is 0 Å². The standard InChI is InChI=1S/C14H13N3O3/c1-2-3-4-10-5-7-11(8-6-10)13(18)16-12(9-15)14(19)17-20/h1,5-8,12,20H,9,15H2,(H,16,18)(H,17,19). The molecule has 20 heavy (non-hydrogen) atoms. The van der Waals surface area contributed by atoms with Gasteiger partial charge >= 0.3 is 0 Å². The number of nitrogens with two attached hydrogens (primary N) is 1. The minimum absolute atomic E-state index is 0.135. The fraction of sp³-hybridized carbons (Fsp3) is 0.143. The van der Waals surface area contributed by atoms with Gasteiger partial charge in [0.1, 0.15) is 6.04 Å².